The van der Waals surface area contributed by atoms with Crippen LogP contribution in [0.3, 0.4) is 0 Å². The van der Waals surface area contributed by atoms with Crippen molar-refractivity contribution in [3.63, 3.8) is 0 Å². The second kappa shape index (κ2) is 8.49. The van der Waals surface area contributed by atoms with E-state index in [-0.39, 0.29) is 16.1 Å². The molecule has 0 saturated carbocycles. The molecule has 1 saturated heterocycles. The smallest absolute Gasteiger partial charge is 0.269 e. The second-order valence-corrected chi connectivity index (χ2v) is 8.54. The number of rotatable bonds is 5. The van der Waals surface area contributed by atoms with Gasteiger partial charge in [0.2, 0.25) is 10.0 Å². The molecule has 1 aliphatic heterocycles. The van der Waals surface area contributed by atoms with E-state index in [2.05, 4.69) is 5.32 Å². The molecule has 8 nitrogen and oxygen atoms in total. The molecule has 3 rings (SSSR count). The third-order valence-electron chi connectivity index (χ3n) is 4.64. The van der Waals surface area contributed by atoms with E-state index < -0.39 is 20.9 Å². The van der Waals surface area contributed by atoms with Gasteiger partial charge in [-0.1, -0.05) is 18.9 Å². The van der Waals surface area contributed by atoms with Gasteiger partial charge >= 0.3 is 0 Å². The van der Waals surface area contributed by atoms with Crippen LogP contribution in [0.25, 0.3) is 0 Å². The highest BCUT2D eigenvalue weighted by atomic mass is 32.2. The summed E-state index contributed by atoms with van der Waals surface area (Å²) in [5, 5.41) is 13.3. The van der Waals surface area contributed by atoms with E-state index in [9.17, 15) is 23.3 Å². The van der Waals surface area contributed by atoms with Crippen LogP contribution in [0.2, 0.25) is 0 Å². The van der Waals surface area contributed by atoms with Gasteiger partial charge in [0.1, 0.15) is 0 Å². The number of non-ortho nitro benzene ring substituents is 1. The van der Waals surface area contributed by atoms with Crippen LogP contribution < -0.4 is 5.32 Å². The van der Waals surface area contributed by atoms with Crippen molar-refractivity contribution in [3.8, 4) is 0 Å². The zero-order valence-corrected chi connectivity index (χ0v) is 16.0. The Morgan fingerprint density at radius 3 is 2.25 bits per heavy atom. The number of nitrogens with one attached hydrogen (secondary N) is 1. The number of nitro groups is 1. The maximum absolute atomic E-state index is 12.9. The Morgan fingerprint density at radius 1 is 1.00 bits per heavy atom. The molecule has 148 valence electrons. The molecule has 28 heavy (non-hydrogen) atoms. The van der Waals surface area contributed by atoms with Crippen LogP contribution >= 0.6 is 0 Å². The van der Waals surface area contributed by atoms with Crippen molar-refractivity contribution < 1.29 is 18.1 Å². The summed E-state index contributed by atoms with van der Waals surface area (Å²) in [5.74, 6) is -0.473. The molecule has 0 radical (unpaired) electrons. The van der Waals surface area contributed by atoms with Gasteiger partial charge in [0.05, 0.1) is 9.82 Å². The van der Waals surface area contributed by atoms with E-state index in [1.807, 2.05) is 0 Å². The first-order valence-corrected chi connectivity index (χ1v) is 10.5. The van der Waals surface area contributed by atoms with Gasteiger partial charge in [-0.3, -0.25) is 14.9 Å². The molecule has 0 aromatic heterocycles. The summed E-state index contributed by atoms with van der Waals surface area (Å²) in [6.45, 7) is 1.00. The molecule has 1 N–H and O–H groups in total. The van der Waals surface area contributed by atoms with Gasteiger partial charge in [-0.15, -0.1) is 0 Å². The fourth-order valence-electron chi connectivity index (χ4n) is 3.10. The maximum atomic E-state index is 12.9. The lowest BCUT2D eigenvalue weighted by atomic mass is 10.2. The van der Waals surface area contributed by atoms with Crippen LogP contribution in [-0.2, 0) is 10.0 Å². The molecular formula is C19H21N3O5S. The van der Waals surface area contributed by atoms with Crippen LogP contribution in [0, 0.1) is 10.1 Å². The number of carbonyl (C=O) groups excluding carboxylic acids is 1. The highest BCUT2D eigenvalue weighted by Gasteiger charge is 2.25. The van der Waals surface area contributed by atoms with E-state index in [1.165, 1.54) is 40.7 Å². The van der Waals surface area contributed by atoms with Crippen molar-refractivity contribution in [2.75, 3.05) is 18.4 Å². The SMILES string of the molecule is O=C(Nc1cccc(S(=O)(=O)N2CCCCCC2)c1)c1ccc([N+](=O)[O-])cc1. The molecule has 1 heterocycles. The number of sulfonamides is 1. The van der Waals surface area contributed by atoms with Gasteiger partial charge in [0.25, 0.3) is 11.6 Å². The van der Waals surface area contributed by atoms with E-state index in [0.29, 0.717) is 18.8 Å². The van der Waals surface area contributed by atoms with Crippen LogP contribution in [0.4, 0.5) is 11.4 Å². The highest BCUT2D eigenvalue weighted by Crippen LogP contribution is 2.23. The molecule has 1 amide bonds. The zero-order valence-electron chi connectivity index (χ0n) is 15.2. The molecule has 0 spiro atoms. The minimum atomic E-state index is -3.62. The molecule has 1 fully saturated rings. The summed E-state index contributed by atoms with van der Waals surface area (Å²) in [7, 11) is -3.62. The number of nitrogens with zero attached hydrogens (tertiary/aromatic N) is 2. The van der Waals surface area contributed by atoms with Crippen LogP contribution in [0.15, 0.2) is 53.4 Å². The first-order valence-electron chi connectivity index (χ1n) is 9.04. The standard InChI is InChI=1S/C19H21N3O5S/c23-19(15-8-10-17(11-9-15)22(24)25)20-16-6-5-7-18(14-16)28(26,27)21-12-3-1-2-4-13-21/h5-11,14H,1-4,12-13H2,(H,20,23). The Bertz CT molecular complexity index is 965. The molecule has 0 atom stereocenters. The lowest BCUT2D eigenvalue weighted by Crippen LogP contribution is -2.32. The molecule has 0 bridgehead atoms. The first kappa shape index (κ1) is 20.0. The van der Waals surface area contributed by atoms with Crippen LogP contribution in [0.1, 0.15) is 36.0 Å². The lowest BCUT2D eigenvalue weighted by Gasteiger charge is -2.20. The fraction of sp³-hybridized carbons (Fsp3) is 0.316. The number of amides is 1. The topological polar surface area (TPSA) is 110 Å². The molecule has 2 aromatic carbocycles. The van der Waals surface area contributed by atoms with E-state index >= 15 is 0 Å². The van der Waals surface area contributed by atoms with Gasteiger partial charge in [-0.05, 0) is 43.2 Å². The molecule has 0 unspecified atom stereocenters. The Balaban J connectivity index is 1.77. The first-order chi connectivity index (χ1) is 13.4. The summed E-state index contributed by atoms with van der Waals surface area (Å²) in [6, 6.07) is 11.3. The van der Waals surface area contributed by atoms with E-state index in [4.69, 9.17) is 0 Å². The largest absolute Gasteiger partial charge is 0.322 e. The Labute approximate surface area is 163 Å². The van der Waals surface area contributed by atoms with E-state index in [0.717, 1.165) is 25.7 Å². The maximum Gasteiger partial charge on any atom is 0.269 e. The number of hydrogen-bond donors (Lipinski definition) is 1. The van der Waals surface area contributed by atoms with Gasteiger partial charge < -0.3 is 5.32 Å². The quantitative estimate of drug-likeness (QED) is 0.608. The van der Waals surface area contributed by atoms with E-state index in [1.54, 1.807) is 12.1 Å². The highest BCUT2D eigenvalue weighted by molar-refractivity contribution is 7.89. The average molecular weight is 403 g/mol. The average Bonchev–Trinajstić information content (AvgIpc) is 2.98. The summed E-state index contributed by atoms with van der Waals surface area (Å²) >= 11 is 0. The molecule has 9 heteroatoms. The summed E-state index contributed by atoms with van der Waals surface area (Å²) in [5.41, 5.74) is 0.479. The van der Waals surface area contributed by atoms with Crippen molar-refractivity contribution >= 4 is 27.3 Å². The summed E-state index contributed by atoms with van der Waals surface area (Å²) < 4.78 is 27.3. The van der Waals surface area contributed by atoms with Crippen molar-refractivity contribution in [3.05, 3.63) is 64.2 Å². The lowest BCUT2D eigenvalue weighted by molar-refractivity contribution is -0.384. The number of anilines is 1. The zero-order chi connectivity index (χ0) is 20.1. The Hall–Kier alpha value is -2.78. The predicted octanol–water partition coefficient (Wildman–Crippen LogP) is 3.41. The second-order valence-electron chi connectivity index (χ2n) is 6.60. The predicted molar refractivity (Wildman–Crippen MR) is 105 cm³/mol. The molecule has 1 aliphatic rings. The normalized spacial score (nSPS) is 15.6. The minimum Gasteiger partial charge on any atom is -0.322 e. The van der Waals surface area contributed by atoms with Gasteiger partial charge in [0.15, 0.2) is 0 Å². The van der Waals surface area contributed by atoms with Gasteiger partial charge in [-0.25, -0.2) is 8.42 Å². The minimum absolute atomic E-state index is 0.109. The third kappa shape index (κ3) is 4.55. The molecule has 2 aromatic rings. The van der Waals surface area contributed by atoms with Gasteiger partial charge in [-0.2, -0.15) is 4.31 Å². The Kier molecular flexibility index (Phi) is 6.05. The fourth-order valence-corrected chi connectivity index (χ4v) is 4.67. The van der Waals surface area contributed by atoms with Crippen molar-refractivity contribution in [2.45, 2.75) is 30.6 Å². The molecular weight excluding hydrogens is 382 g/mol. The van der Waals surface area contributed by atoms with Crippen molar-refractivity contribution in [1.29, 1.82) is 0 Å². The van der Waals surface area contributed by atoms with Crippen LogP contribution in [0.5, 0.6) is 0 Å². The number of carbonyl (C=O) groups is 1. The monoisotopic (exact) mass is 403 g/mol. The number of benzene rings is 2. The number of nitro benzene ring substituents is 1. The summed E-state index contributed by atoms with van der Waals surface area (Å²) in [4.78, 5) is 22.7. The Morgan fingerprint density at radius 2 is 1.64 bits per heavy atom. The van der Waals surface area contributed by atoms with Crippen molar-refractivity contribution in [1.82, 2.24) is 4.31 Å². The number of hydrogen-bond acceptors (Lipinski definition) is 5. The third-order valence-corrected chi connectivity index (χ3v) is 6.53. The molecule has 0 aliphatic carbocycles. The summed E-state index contributed by atoms with van der Waals surface area (Å²) in [6.07, 6.45) is 3.74. The van der Waals surface area contributed by atoms with Gasteiger partial charge in [0, 0.05) is 36.5 Å². The van der Waals surface area contributed by atoms with Crippen molar-refractivity contribution in [2.24, 2.45) is 0 Å². The van der Waals surface area contributed by atoms with Crippen LogP contribution in [-0.4, -0.2) is 36.6 Å².